The molecule has 116 valence electrons. The molecule has 0 aliphatic carbocycles. The summed E-state index contributed by atoms with van der Waals surface area (Å²) in [6, 6.07) is 17.1. The van der Waals surface area contributed by atoms with Crippen molar-refractivity contribution >= 4 is 6.03 Å². The number of urea groups is 1. The summed E-state index contributed by atoms with van der Waals surface area (Å²) in [5.74, 6) is 0.795. The fraction of sp³-hybridized carbons (Fsp3) is 0.235. The van der Waals surface area contributed by atoms with E-state index in [2.05, 4.69) is 10.6 Å². The van der Waals surface area contributed by atoms with Crippen LogP contribution in [0.5, 0.6) is 5.75 Å². The Balaban J connectivity index is 1.63. The molecule has 0 saturated carbocycles. The van der Waals surface area contributed by atoms with Crippen LogP contribution in [0.25, 0.3) is 0 Å². The molecule has 4 N–H and O–H groups in total. The summed E-state index contributed by atoms with van der Waals surface area (Å²) >= 11 is 0. The third kappa shape index (κ3) is 5.46. The standard InChI is InChI=1S/C17H21N3O2/c18-12-14-5-4-6-15(11-14)13-20-17(21)19-9-10-22-16-7-2-1-3-8-16/h1-8,11H,9-10,12-13,18H2,(H2,19,20,21). The van der Waals surface area contributed by atoms with E-state index in [1.54, 1.807) is 0 Å². The predicted molar refractivity (Wildman–Crippen MR) is 86.5 cm³/mol. The van der Waals surface area contributed by atoms with Gasteiger partial charge in [0.2, 0.25) is 0 Å². The van der Waals surface area contributed by atoms with Crippen LogP contribution in [0.2, 0.25) is 0 Å². The molecule has 0 fully saturated rings. The summed E-state index contributed by atoms with van der Waals surface area (Å²) in [5.41, 5.74) is 7.67. The number of hydrogen-bond donors (Lipinski definition) is 3. The SMILES string of the molecule is NCc1cccc(CNC(=O)NCCOc2ccccc2)c1. The summed E-state index contributed by atoms with van der Waals surface area (Å²) in [4.78, 5) is 11.7. The quantitative estimate of drug-likeness (QED) is 0.685. The smallest absolute Gasteiger partial charge is 0.315 e. The normalized spacial score (nSPS) is 10.0. The van der Waals surface area contributed by atoms with Crippen LogP contribution in [0, 0.1) is 0 Å². The first-order chi connectivity index (χ1) is 10.8. The van der Waals surface area contributed by atoms with Crippen LogP contribution in [0.3, 0.4) is 0 Å². The molecule has 22 heavy (non-hydrogen) atoms. The van der Waals surface area contributed by atoms with Crippen molar-refractivity contribution in [3.05, 3.63) is 65.7 Å². The molecule has 0 unspecified atom stereocenters. The van der Waals surface area contributed by atoms with E-state index >= 15 is 0 Å². The van der Waals surface area contributed by atoms with Gasteiger partial charge in [-0.25, -0.2) is 4.79 Å². The zero-order valence-electron chi connectivity index (χ0n) is 12.4. The van der Waals surface area contributed by atoms with Gasteiger partial charge in [0.1, 0.15) is 12.4 Å². The number of nitrogens with two attached hydrogens (primary N) is 1. The van der Waals surface area contributed by atoms with Gasteiger partial charge in [-0.05, 0) is 23.3 Å². The first kappa shape index (κ1) is 15.9. The van der Waals surface area contributed by atoms with Gasteiger partial charge < -0.3 is 21.1 Å². The van der Waals surface area contributed by atoms with Gasteiger partial charge in [-0.1, -0.05) is 42.5 Å². The van der Waals surface area contributed by atoms with Gasteiger partial charge in [-0.2, -0.15) is 0 Å². The molecule has 2 rings (SSSR count). The Bertz CT molecular complexity index is 587. The number of carbonyl (C=O) groups is 1. The van der Waals surface area contributed by atoms with Crippen LogP contribution in [0.1, 0.15) is 11.1 Å². The first-order valence-corrected chi connectivity index (χ1v) is 7.25. The van der Waals surface area contributed by atoms with E-state index in [0.29, 0.717) is 26.2 Å². The summed E-state index contributed by atoms with van der Waals surface area (Å²) in [7, 11) is 0. The summed E-state index contributed by atoms with van der Waals surface area (Å²) < 4.78 is 5.49. The molecular weight excluding hydrogens is 278 g/mol. The van der Waals surface area contributed by atoms with E-state index < -0.39 is 0 Å². The van der Waals surface area contributed by atoms with Crippen LogP contribution in [-0.2, 0) is 13.1 Å². The number of ether oxygens (including phenoxy) is 1. The fourth-order valence-electron chi connectivity index (χ4n) is 1.96. The maximum absolute atomic E-state index is 11.7. The monoisotopic (exact) mass is 299 g/mol. The summed E-state index contributed by atoms with van der Waals surface area (Å²) in [6.07, 6.45) is 0. The minimum Gasteiger partial charge on any atom is -0.492 e. The Kier molecular flexibility index (Phi) is 6.26. The van der Waals surface area contributed by atoms with Gasteiger partial charge in [0.15, 0.2) is 0 Å². The van der Waals surface area contributed by atoms with Crippen molar-refractivity contribution in [1.29, 1.82) is 0 Å². The van der Waals surface area contributed by atoms with Crippen LogP contribution >= 0.6 is 0 Å². The van der Waals surface area contributed by atoms with Crippen molar-refractivity contribution in [1.82, 2.24) is 10.6 Å². The van der Waals surface area contributed by atoms with E-state index in [4.69, 9.17) is 10.5 Å². The predicted octanol–water partition coefficient (Wildman–Crippen LogP) is 2.02. The highest BCUT2D eigenvalue weighted by Gasteiger charge is 2.01. The molecule has 0 saturated heterocycles. The van der Waals surface area contributed by atoms with Crippen molar-refractivity contribution in [3.63, 3.8) is 0 Å². The molecule has 0 aliphatic rings. The first-order valence-electron chi connectivity index (χ1n) is 7.25. The number of amides is 2. The number of para-hydroxylation sites is 1. The minimum atomic E-state index is -0.213. The molecule has 5 nitrogen and oxygen atoms in total. The highest BCUT2D eigenvalue weighted by atomic mass is 16.5. The second-order valence-corrected chi connectivity index (χ2v) is 4.80. The Morgan fingerprint density at radius 1 is 1.00 bits per heavy atom. The van der Waals surface area contributed by atoms with Gasteiger partial charge in [0.25, 0.3) is 0 Å². The lowest BCUT2D eigenvalue weighted by Gasteiger charge is -2.09. The van der Waals surface area contributed by atoms with Gasteiger partial charge in [0.05, 0.1) is 6.54 Å². The molecule has 0 atom stereocenters. The van der Waals surface area contributed by atoms with E-state index in [0.717, 1.165) is 16.9 Å². The second kappa shape index (κ2) is 8.69. The van der Waals surface area contributed by atoms with Crippen molar-refractivity contribution in [3.8, 4) is 5.75 Å². The Hall–Kier alpha value is -2.53. The molecule has 2 aromatic carbocycles. The number of rotatable bonds is 7. The van der Waals surface area contributed by atoms with Crippen LogP contribution in [0.4, 0.5) is 4.79 Å². The van der Waals surface area contributed by atoms with Gasteiger partial charge in [-0.3, -0.25) is 0 Å². The van der Waals surface area contributed by atoms with Crippen molar-refractivity contribution in [2.75, 3.05) is 13.2 Å². The lowest BCUT2D eigenvalue weighted by Crippen LogP contribution is -2.37. The van der Waals surface area contributed by atoms with Crippen molar-refractivity contribution in [2.45, 2.75) is 13.1 Å². The molecule has 0 radical (unpaired) electrons. The van der Waals surface area contributed by atoms with Gasteiger partial charge >= 0.3 is 6.03 Å². The van der Waals surface area contributed by atoms with Gasteiger partial charge in [0, 0.05) is 13.1 Å². The number of nitrogens with one attached hydrogen (secondary N) is 2. The third-order valence-electron chi connectivity index (χ3n) is 3.08. The Morgan fingerprint density at radius 3 is 2.55 bits per heavy atom. The van der Waals surface area contributed by atoms with Crippen LogP contribution in [0.15, 0.2) is 54.6 Å². The van der Waals surface area contributed by atoms with Crippen molar-refractivity contribution < 1.29 is 9.53 Å². The molecule has 0 aromatic heterocycles. The molecule has 0 heterocycles. The maximum Gasteiger partial charge on any atom is 0.315 e. The van der Waals surface area contributed by atoms with Crippen LogP contribution < -0.4 is 21.1 Å². The van der Waals surface area contributed by atoms with Crippen molar-refractivity contribution in [2.24, 2.45) is 5.73 Å². The Morgan fingerprint density at radius 2 is 1.77 bits per heavy atom. The number of hydrogen-bond acceptors (Lipinski definition) is 3. The van der Waals surface area contributed by atoms with E-state index in [9.17, 15) is 4.79 Å². The van der Waals surface area contributed by atoms with Gasteiger partial charge in [-0.15, -0.1) is 0 Å². The van der Waals surface area contributed by atoms with E-state index in [1.165, 1.54) is 0 Å². The zero-order valence-corrected chi connectivity index (χ0v) is 12.4. The second-order valence-electron chi connectivity index (χ2n) is 4.80. The van der Waals surface area contributed by atoms with Crippen LogP contribution in [-0.4, -0.2) is 19.2 Å². The topological polar surface area (TPSA) is 76.4 Å². The zero-order chi connectivity index (χ0) is 15.6. The van der Waals surface area contributed by atoms with E-state index in [1.807, 2.05) is 54.6 Å². The lowest BCUT2D eigenvalue weighted by atomic mass is 10.1. The molecule has 5 heteroatoms. The molecular formula is C17H21N3O2. The minimum absolute atomic E-state index is 0.213. The maximum atomic E-state index is 11.7. The summed E-state index contributed by atoms with van der Waals surface area (Å²) in [6.45, 7) is 1.85. The Labute approximate surface area is 130 Å². The fourth-order valence-corrected chi connectivity index (χ4v) is 1.96. The lowest BCUT2D eigenvalue weighted by molar-refractivity contribution is 0.236. The highest BCUT2D eigenvalue weighted by molar-refractivity contribution is 5.73. The average Bonchev–Trinajstić information content (AvgIpc) is 2.58. The molecule has 0 bridgehead atoms. The molecule has 2 amide bonds. The average molecular weight is 299 g/mol. The number of carbonyl (C=O) groups excluding carboxylic acids is 1. The highest BCUT2D eigenvalue weighted by Crippen LogP contribution is 2.07. The summed E-state index contributed by atoms with van der Waals surface area (Å²) in [5, 5.41) is 5.55. The number of benzene rings is 2. The molecule has 2 aromatic rings. The third-order valence-corrected chi connectivity index (χ3v) is 3.08. The molecule has 0 aliphatic heterocycles. The van der Waals surface area contributed by atoms with E-state index in [-0.39, 0.29) is 6.03 Å². The largest absolute Gasteiger partial charge is 0.492 e. The molecule has 0 spiro atoms.